The largest absolute Gasteiger partial charge is 0.465 e. The summed E-state index contributed by atoms with van der Waals surface area (Å²) in [5, 5.41) is 0. The van der Waals surface area contributed by atoms with Gasteiger partial charge in [-0.2, -0.15) is 0 Å². The molecule has 0 aliphatic rings. The van der Waals surface area contributed by atoms with Crippen molar-refractivity contribution in [1.29, 1.82) is 0 Å². The summed E-state index contributed by atoms with van der Waals surface area (Å²) in [5.41, 5.74) is 0. The molecule has 0 radical (unpaired) electrons. The third-order valence-corrected chi connectivity index (χ3v) is 7.16. The second-order valence-corrected chi connectivity index (χ2v) is 9.66. The molecule has 0 aromatic carbocycles. The van der Waals surface area contributed by atoms with E-state index in [2.05, 4.69) is 52.1 Å². The maximum absolute atomic E-state index is 11.8. The van der Waals surface area contributed by atoms with Crippen LogP contribution in [0.15, 0.2) is 0 Å². The van der Waals surface area contributed by atoms with Gasteiger partial charge >= 0.3 is 11.9 Å². The highest BCUT2D eigenvalue weighted by molar-refractivity contribution is 14.1. The number of ether oxygens (including phenoxy) is 2. The normalized spacial score (nSPS) is 14.5. The summed E-state index contributed by atoms with van der Waals surface area (Å²) in [6, 6.07) is 0. The van der Waals surface area contributed by atoms with Crippen molar-refractivity contribution in [1.82, 2.24) is 0 Å². The monoisotopic (exact) mass is 594 g/mol. The van der Waals surface area contributed by atoms with Gasteiger partial charge < -0.3 is 9.47 Å². The highest BCUT2D eigenvalue weighted by atomic mass is 127. The molecule has 0 saturated carbocycles. The standard InChI is InChI=1S/C20H36I2O4/c1-4-16(26-20(24)18(22)6-3)14-12-10-8-7-9-11-13-15-25-19(23)17(21)5-2/h16-18H,4-15H2,1-3H3. The number of alkyl halides is 2. The second-order valence-electron chi connectivity index (χ2n) is 6.65. The van der Waals surface area contributed by atoms with Crippen molar-refractivity contribution in [3.05, 3.63) is 0 Å². The Hall–Kier alpha value is 0.400. The summed E-state index contributed by atoms with van der Waals surface area (Å²) in [6.45, 7) is 6.64. The fourth-order valence-corrected chi connectivity index (χ4v) is 2.87. The van der Waals surface area contributed by atoms with E-state index >= 15 is 0 Å². The minimum absolute atomic E-state index is 0.0106. The van der Waals surface area contributed by atoms with Crippen molar-refractivity contribution in [3.8, 4) is 0 Å². The van der Waals surface area contributed by atoms with Gasteiger partial charge in [0.1, 0.15) is 14.0 Å². The van der Waals surface area contributed by atoms with Crippen LogP contribution in [-0.4, -0.2) is 32.5 Å². The lowest BCUT2D eigenvalue weighted by Crippen LogP contribution is -2.23. The quantitative estimate of drug-likeness (QED) is 0.0899. The molecule has 26 heavy (non-hydrogen) atoms. The van der Waals surface area contributed by atoms with Gasteiger partial charge in [-0.25, -0.2) is 0 Å². The molecule has 0 bridgehead atoms. The van der Waals surface area contributed by atoms with E-state index in [4.69, 9.17) is 9.47 Å². The van der Waals surface area contributed by atoms with Gasteiger partial charge in [-0.1, -0.05) is 98.1 Å². The molecule has 154 valence electrons. The van der Waals surface area contributed by atoms with E-state index in [-0.39, 0.29) is 25.9 Å². The number of carbonyl (C=O) groups excluding carboxylic acids is 2. The SMILES string of the molecule is CCC(CCCCCCCCCOC(=O)C(I)CC)OC(=O)C(I)CC. The first-order valence-electron chi connectivity index (χ1n) is 10.1. The van der Waals surface area contributed by atoms with Crippen molar-refractivity contribution in [2.45, 2.75) is 105 Å². The summed E-state index contributed by atoms with van der Waals surface area (Å²) >= 11 is 4.29. The van der Waals surface area contributed by atoms with E-state index in [1.165, 1.54) is 25.7 Å². The molecule has 0 aliphatic carbocycles. The fraction of sp³-hybridized carbons (Fsp3) is 0.900. The molecule has 3 unspecified atom stereocenters. The molecule has 0 heterocycles. The van der Waals surface area contributed by atoms with E-state index in [0.717, 1.165) is 44.9 Å². The topological polar surface area (TPSA) is 52.6 Å². The maximum Gasteiger partial charge on any atom is 0.319 e. The average Bonchev–Trinajstić information content (AvgIpc) is 2.66. The van der Waals surface area contributed by atoms with Crippen LogP contribution in [0, 0.1) is 0 Å². The Kier molecular flexibility index (Phi) is 17.8. The summed E-state index contributed by atoms with van der Waals surface area (Å²) in [7, 11) is 0. The van der Waals surface area contributed by atoms with Gasteiger partial charge in [0.25, 0.3) is 0 Å². The molecule has 0 aromatic heterocycles. The van der Waals surface area contributed by atoms with Gasteiger partial charge in [0.15, 0.2) is 0 Å². The molecule has 0 spiro atoms. The summed E-state index contributed by atoms with van der Waals surface area (Å²) in [6.07, 6.45) is 11.6. The maximum atomic E-state index is 11.8. The summed E-state index contributed by atoms with van der Waals surface area (Å²) in [5.74, 6) is -0.138. The second kappa shape index (κ2) is 17.5. The number of rotatable bonds is 16. The molecule has 0 amide bonds. The number of unbranched alkanes of at least 4 members (excludes halogenated alkanes) is 6. The molecule has 6 heteroatoms. The number of carbonyl (C=O) groups is 2. The molecule has 0 N–H and O–H groups in total. The lowest BCUT2D eigenvalue weighted by atomic mass is 10.1. The van der Waals surface area contributed by atoms with Crippen molar-refractivity contribution >= 4 is 57.1 Å². The summed E-state index contributed by atoms with van der Waals surface area (Å²) < 4.78 is 10.8. The van der Waals surface area contributed by atoms with Crippen molar-refractivity contribution in [2.75, 3.05) is 6.61 Å². The molecule has 3 atom stereocenters. The van der Waals surface area contributed by atoms with Gasteiger partial charge in [0.2, 0.25) is 0 Å². The van der Waals surface area contributed by atoms with Gasteiger partial charge in [-0.3, -0.25) is 9.59 Å². The first-order valence-corrected chi connectivity index (χ1v) is 12.6. The summed E-state index contributed by atoms with van der Waals surface area (Å²) in [4.78, 5) is 23.4. The predicted molar refractivity (Wildman–Crippen MR) is 124 cm³/mol. The molecule has 0 fully saturated rings. The Bertz CT molecular complexity index is 377. The zero-order valence-corrected chi connectivity index (χ0v) is 20.9. The van der Waals surface area contributed by atoms with E-state index in [0.29, 0.717) is 6.61 Å². The molecule has 0 aliphatic heterocycles. The number of hydrogen-bond acceptors (Lipinski definition) is 4. The lowest BCUT2D eigenvalue weighted by molar-refractivity contribution is -0.148. The highest BCUT2D eigenvalue weighted by Gasteiger charge is 2.18. The number of esters is 2. The number of halogens is 2. The molecular weight excluding hydrogens is 558 g/mol. The van der Waals surface area contributed by atoms with Crippen molar-refractivity contribution < 1.29 is 19.1 Å². The fourth-order valence-electron chi connectivity index (χ4n) is 2.54. The molecule has 0 rings (SSSR count). The third-order valence-electron chi connectivity index (χ3n) is 4.38. The Labute approximate surface area is 187 Å². The zero-order valence-electron chi connectivity index (χ0n) is 16.6. The third kappa shape index (κ3) is 13.6. The Morgan fingerprint density at radius 3 is 1.77 bits per heavy atom. The number of hydrogen-bond donors (Lipinski definition) is 0. The highest BCUT2D eigenvalue weighted by Crippen LogP contribution is 2.16. The lowest BCUT2D eigenvalue weighted by Gasteiger charge is -2.17. The first-order chi connectivity index (χ1) is 12.5. The van der Waals surface area contributed by atoms with Gasteiger partial charge in [0, 0.05) is 0 Å². The molecule has 4 nitrogen and oxygen atoms in total. The van der Waals surface area contributed by atoms with Crippen molar-refractivity contribution in [2.24, 2.45) is 0 Å². The molecule has 0 saturated heterocycles. The van der Waals surface area contributed by atoms with Crippen LogP contribution in [-0.2, 0) is 19.1 Å². The van der Waals surface area contributed by atoms with Gasteiger partial charge in [0.05, 0.1) is 6.61 Å². The Morgan fingerprint density at radius 2 is 1.23 bits per heavy atom. The van der Waals surface area contributed by atoms with Crippen LogP contribution in [0.2, 0.25) is 0 Å². The van der Waals surface area contributed by atoms with Gasteiger partial charge in [-0.15, -0.1) is 0 Å². The van der Waals surface area contributed by atoms with Gasteiger partial charge in [-0.05, 0) is 38.5 Å². The van der Waals surface area contributed by atoms with E-state index in [1.54, 1.807) is 0 Å². The van der Waals surface area contributed by atoms with Crippen LogP contribution in [0.3, 0.4) is 0 Å². The van der Waals surface area contributed by atoms with Crippen molar-refractivity contribution in [3.63, 3.8) is 0 Å². The zero-order chi connectivity index (χ0) is 19.8. The van der Waals surface area contributed by atoms with Crippen LogP contribution < -0.4 is 0 Å². The Balaban J connectivity index is 3.54. The Morgan fingerprint density at radius 1 is 0.731 bits per heavy atom. The van der Waals surface area contributed by atoms with E-state index in [1.807, 2.05) is 13.8 Å². The average molecular weight is 594 g/mol. The molecular formula is C20H36I2O4. The van der Waals surface area contributed by atoms with E-state index in [9.17, 15) is 9.59 Å². The van der Waals surface area contributed by atoms with Crippen LogP contribution in [0.4, 0.5) is 0 Å². The predicted octanol–water partition coefficient (Wildman–Crippen LogP) is 6.40. The smallest absolute Gasteiger partial charge is 0.319 e. The minimum Gasteiger partial charge on any atom is -0.465 e. The van der Waals surface area contributed by atoms with Crippen LogP contribution >= 0.6 is 45.2 Å². The van der Waals surface area contributed by atoms with Crippen LogP contribution in [0.1, 0.15) is 91.4 Å². The first kappa shape index (κ1) is 26.4. The van der Waals surface area contributed by atoms with Crippen LogP contribution in [0.5, 0.6) is 0 Å². The van der Waals surface area contributed by atoms with E-state index < -0.39 is 0 Å². The molecule has 0 aromatic rings. The minimum atomic E-state index is -0.0768. The van der Waals surface area contributed by atoms with Crippen LogP contribution in [0.25, 0.3) is 0 Å².